The molecule has 0 saturated heterocycles. The molecule has 82 valence electrons. The number of ether oxygens (including phenoxy) is 1. The van der Waals surface area contributed by atoms with Gasteiger partial charge in [-0.15, -0.1) is 0 Å². The molecule has 0 radical (unpaired) electrons. The zero-order chi connectivity index (χ0) is 11.4. The fraction of sp³-hybridized carbons (Fsp3) is 0.154. The van der Waals surface area contributed by atoms with Crippen molar-refractivity contribution in [2.24, 2.45) is 0 Å². The van der Waals surface area contributed by atoms with E-state index in [1.165, 1.54) is 0 Å². The molecule has 1 aromatic carbocycles. The summed E-state index contributed by atoms with van der Waals surface area (Å²) >= 11 is 6.01. The van der Waals surface area contributed by atoms with Crippen molar-refractivity contribution in [1.82, 2.24) is 4.98 Å². The highest BCUT2D eigenvalue weighted by molar-refractivity contribution is 6.31. The summed E-state index contributed by atoms with van der Waals surface area (Å²) < 4.78 is 5.62. The van der Waals surface area contributed by atoms with E-state index in [1.54, 1.807) is 12.4 Å². The molecule has 3 heteroatoms. The molecule has 0 unspecified atom stereocenters. The van der Waals surface area contributed by atoms with Gasteiger partial charge in [-0.2, -0.15) is 0 Å². The Kier molecular flexibility index (Phi) is 3.42. The van der Waals surface area contributed by atoms with Crippen LogP contribution in [0.1, 0.15) is 11.1 Å². The van der Waals surface area contributed by atoms with Crippen LogP contribution in [0.5, 0.6) is 5.75 Å². The fourth-order valence-electron chi connectivity index (χ4n) is 1.31. The number of aryl methyl sites for hydroxylation is 1. The summed E-state index contributed by atoms with van der Waals surface area (Å²) in [5.41, 5.74) is 2.14. The van der Waals surface area contributed by atoms with Crippen LogP contribution in [0.2, 0.25) is 5.02 Å². The second kappa shape index (κ2) is 4.99. The monoisotopic (exact) mass is 233 g/mol. The van der Waals surface area contributed by atoms with Gasteiger partial charge in [-0.05, 0) is 42.3 Å². The van der Waals surface area contributed by atoms with Crippen molar-refractivity contribution in [3.63, 3.8) is 0 Å². The number of pyridine rings is 1. The lowest BCUT2D eigenvalue weighted by atomic mass is 10.2. The summed E-state index contributed by atoms with van der Waals surface area (Å²) in [7, 11) is 0. The molecule has 0 fully saturated rings. The van der Waals surface area contributed by atoms with Gasteiger partial charge in [0.05, 0.1) is 0 Å². The molecule has 0 aliphatic heterocycles. The lowest BCUT2D eigenvalue weighted by Crippen LogP contribution is -1.95. The lowest BCUT2D eigenvalue weighted by molar-refractivity contribution is 0.306. The molecule has 0 spiro atoms. The van der Waals surface area contributed by atoms with Crippen LogP contribution >= 0.6 is 11.6 Å². The number of hydrogen-bond donors (Lipinski definition) is 0. The fourth-order valence-corrected chi connectivity index (χ4v) is 1.48. The average molecular weight is 234 g/mol. The maximum atomic E-state index is 6.01. The van der Waals surface area contributed by atoms with E-state index in [-0.39, 0.29) is 0 Å². The minimum absolute atomic E-state index is 0.530. The van der Waals surface area contributed by atoms with Crippen molar-refractivity contribution in [2.45, 2.75) is 13.5 Å². The molecule has 2 rings (SSSR count). The molecule has 1 heterocycles. The molecule has 0 aliphatic carbocycles. The number of hydrogen-bond acceptors (Lipinski definition) is 2. The van der Waals surface area contributed by atoms with Crippen LogP contribution in [0.3, 0.4) is 0 Å². The van der Waals surface area contributed by atoms with Gasteiger partial charge in [0.15, 0.2) is 0 Å². The summed E-state index contributed by atoms with van der Waals surface area (Å²) in [4.78, 5) is 3.95. The van der Waals surface area contributed by atoms with Crippen molar-refractivity contribution in [2.75, 3.05) is 0 Å². The SMILES string of the molecule is Cc1ccc(OCc2ccncc2)cc1Cl. The highest BCUT2D eigenvalue weighted by Gasteiger charge is 1.99. The molecule has 0 amide bonds. The zero-order valence-electron chi connectivity index (χ0n) is 8.98. The Bertz CT molecular complexity index is 471. The number of halogens is 1. The van der Waals surface area contributed by atoms with E-state index < -0.39 is 0 Å². The molecule has 0 saturated carbocycles. The van der Waals surface area contributed by atoms with Crippen LogP contribution in [0.4, 0.5) is 0 Å². The van der Waals surface area contributed by atoms with E-state index in [0.717, 1.165) is 21.9 Å². The highest BCUT2D eigenvalue weighted by Crippen LogP contribution is 2.22. The van der Waals surface area contributed by atoms with Gasteiger partial charge in [-0.1, -0.05) is 17.7 Å². The van der Waals surface area contributed by atoms with Gasteiger partial charge in [0.2, 0.25) is 0 Å². The Morgan fingerprint density at radius 3 is 2.62 bits per heavy atom. The van der Waals surface area contributed by atoms with Crippen molar-refractivity contribution < 1.29 is 4.74 Å². The highest BCUT2D eigenvalue weighted by atomic mass is 35.5. The van der Waals surface area contributed by atoms with Crippen molar-refractivity contribution >= 4 is 11.6 Å². The zero-order valence-corrected chi connectivity index (χ0v) is 9.74. The predicted molar refractivity (Wildman–Crippen MR) is 64.8 cm³/mol. The third kappa shape index (κ3) is 2.74. The maximum Gasteiger partial charge on any atom is 0.121 e. The Labute approximate surface area is 99.9 Å². The Balaban J connectivity index is 2.03. The van der Waals surface area contributed by atoms with E-state index in [2.05, 4.69) is 4.98 Å². The molecule has 1 aromatic heterocycles. The van der Waals surface area contributed by atoms with E-state index in [0.29, 0.717) is 6.61 Å². The van der Waals surface area contributed by atoms with Gasteiger partial charge < -0.3 is 4.74 Å². The molecule has 0 N–H and O–H groups in total. The first-order valence-electron chi connectivity index (χ1n) is 5.03. The van der Waals surface area contributed by atoms with Gasteiger partial charge in [-0.3, -0.25) is 4.98 Å². The lowest BCUT2D eigenvalue weighted by Gasteiger charge is -2.07. The molecular weight excluding hydrogens is 222 g/mol. The minimum atomic E-state index is 0.530. The quantitative estimate of drug-likeness (QED) is 0.808. The minimum Gasteiger partial charge on any atom is -0.489 e. The Hall–Kier alpha value is -1.54. The Morgan fingerprint density at radius 1 is 1.19 bits per heavy atom. The van der Waals surface area contributed by atoms with Gasteiger partial charge in [-0.25, -0.2) is 0 Å². The second-order valence-corrected chi connectivity index (χ2v) is 3.96. The summed E-state index contributed by atoms with van der Waals surface area (Å²) in [5, 5.41) is 0.729. The Morgan fingerprint density at radius 2 is 1.94 bits per heavy atom. The van der Waals surface area contributed by atoms with Crippen LogP contribution in [0, 0.1) is 6.92 Å². The number of aromatic nitrogens is 1. The molecule has 0 atom stereocenters. The first-order chi connectivity index (χ1) is 7.75. The van der Waals surface area contributed by atoms with Crippen molar-refractivity contribution in [1.29, 1.82) is 0 Å². The molecular formula is C13H12ClNO. The van der Waals surface area contributed by atoms with Crippen LogP contribution in [-0.2, 0) is 6.61 Å². The van der Waals surface area contributed by atoms with Gasteiger partial charge >= 0.3 is 0 Å². The molecule has 2 nitrogen and oxygen atoms in total. The van der Waals surface area contributed by atoms with Crippen LogP contribution < -0.4 is 4.74 Å². The number of benzene rings is 1. The maximum absolute atomic E-state index is 6.01. The predicted octanol–water partition coefficient (Wildman–Crippen LogP) is 3.62. The van der Waals surface area contributed by atoms with Gasteiger partial charge in [0, 0.05) is 17.4 Å². The second-order valence-electron chi connectivity index (χ2n) is 3.56. The van der Waals surface area contributed by atoms with Crippen LogP contribution in [0.25, 0.3) is 0 Å². The summed E-state index contributed by atoms with van der Waals surface area (Å²) in [6.07, 6.45) is 3.50. The van der Waals surface area contributed by atoms with Crippen molar-refractivity contribution in [3.8, 4) is 5.75 Å². The van der Waals surface area contributed by atoms with Crippen molar-refractivity contribution in [3.05, 3.63) is 58.9 Å². The number of nitrogens with zero attached hydrogens (tertiary/aromatic N) is 1. The third-order valence-corrected chi connectivity index (χ3v) is 2.71. The van der Waals surface area contributed by atoms with E-state index in [1.807, 2.05) is 37.3 Å². The summed E-state index contributed by atoms with van der Waals surface area (Å²) in [6.45, 7) is 2.50. The van der Waals surface area contributed by atoms with E-state index in [4.69, 9.17) is 16.3 Å². The number of rotatable bonds is 3. The first-order valence-corrected chi connectivity index (χ1v) is 5.41. The van der Waals surface area contributed by atoms with E-state index >= 15 is 0 Å². The smallest absolute Gasteiger partial charge is 0.121 e. The van der Waals surface area contributed by atoms with Crippen LogP contribution in [-0.4, -0.2) is 4.98 Å². The van der Waals surface area contributed by atoms with E-state index in [9.17, 15) is 0 Å². The first kappa shape index (κ1) is 11.0. The topological polar surface area (TPSA) is 22.1 Å². The molecule has 2 aromatic rings. The molecule has 0 bridgehead atoms. The molecule has 16 heavy (non-hydrogen) atoms. The third-order valence-electron chi connectivity index (χ3n) is 2.30. The molecule has 0 aliphatic rings. The normalized spacial score (nSPS) is 10.1. The summed E-state index contributed by atoms with van der Waals surface area (Å²) in [6, 6.07) is 9.55. The largest absolute Gasteiger partial charge is 0.489 e. The van der Waals surface area contributed by atoms with Gasteiger partial charge in [0.1, 0.15) is 12.4 Å². The van der Waals surface area contributed by atoms with Crippen LogP contribution in [0.15, 0.2) is 42.7 Å². The standard InChI is InChI=1S/C13H12ClNO/c1-10-2-3-12(8-13(10)14)16-9-11-4-6-15-7-5-11/h2-8H,9H2,1H3. The van der Waals surface area contributed by atoms with Gasteiger partial charge in [0.25, 0.3) is 0 Å². The average Bonchev–Trinajstić information content (AvgIpc) is 2.32. The summed E-state index contributed by atoms with van der Waals surface area (Å²) in [5.74, 6) is 0.785.